The van der Waals surface area contributed by atoms with Gasteiger partial charge in [-0.1, -0.05) is 40.2 Å². The fourth-order valence-corrected chi connectivity index (χ4v) is 2.10. The minimum absolute atomic E-state index is 0.572. The normalized spacial score (nSPS) is 20.5. The summed E-state index contributed by atoms with van der Waals surface area (Å²) in [6.45, 7) is 0.961. The Morgan fingerprint density at radius 2 is 2.07 bits per heavy atom. The van der Waals surface area contributed by atoms with Crippen molar-refractivity contribution in [1.29, 1.82) is 0 Å². The SMILES string of the molecule is Brc1ccc(CNC2C=CCCC2)cc1. The Morgan fingerprint density at radius 3 is 2.73 bits per heavy atom. The van der Waals surface area contributed by atoms with E-state index in [0.29, 0.717) is 6.04 Å². The molecule has 0 fully saturated rings. The lowest BCUT2D eigenvalue weighted by Gasteiger charge is -2.17. The maximum atomic E-state index is 3.56. The van der Waals surface area contributed by atoms with E-state index in [9.17, 15) is 0 Å². The van der Waals surface area contributed by atoms with Crippen LogP contribution in [0.5, 0.6) is 0 Å². The molecule has 0 saturated heterocycles. The summed E-state index contributed by atoms with van der Waals surface area (Å²) in [6.07, 6.45) is 8.41. The third kappa shape index (κ3) is 3.47. The van der Waals surface area contributed by atoms with Crippen molar-refractivity contribution < 1.29 is 0 Å². The quantitative estimate of drug-likeness (QED) is 0.823. The molecule has 2 rings (SSSR count). The van der Waals surface area contributed by atoms with E-state index in [-0.39, 0.29) is 0 Å². The summed E-state index contributed by atoms with van der Waals surface area (Å²) in [7, 11) is 0. The summed E-state index contributed by atoms with van der Waals surface area (Å²) in [5.74, 6) is 0. The average Bonchev–Trinajstić information content (AvgIpc) is 2.30. The zero-order valence-corrected chi connectivity index (χ0v) is 10.3. The second-order valence-corrected chi connectivity index (χ2v) is 4.89. The third-order valence-corrected chi connectivity index (χ3v) is 3.26. The molecule has 2 heteroatoms. The summed E-state index contributed by atoms with van der Waals surface area (Å²) in [6, 6.07) is 9.07. The van der Waals surface area contributed by atoms with Gasteiger partial charge in [-0.25, -0.2) is 0 Å². The van der Waals surface area contributed by atoms with E-state index >= 15 is 0 Å². The highest BCUT2D eigenvalue weighted by Crippen LogP contribution is 2.13. The summed E-state index contributed by atoms with van der Waals surface area (Å²) >= 11 is 3.44. The van der Waals surface area contributed by atoms with E-state index in [1.165, 1.54) is 24.8 Å². The molecular formula is C13H16BrN. The number of hydrogen-bond acceptors (Lipinski definition) is 1. The maximum Gasteiger partial charge on any atom is 0.0253 e. The molecule has 1 aromatic rings. The van der Waals surface area contributed by atoms with E-state index in [1.54, 1.807) is 0 Å². The number of halogens is 1. The molecule has 0 saturated carbocycles. The summed E-state index contributed by atoms with van der Waals surface area (Å²) in [5, 5.41) is 3.56. The molecule has 1 nitrogen and oxygen atoms in total. The van der Waals surface area contributed by atoms with E-state index in [0.717, 1.165) is 11.0 Å². The van der Waals surface area contributed by atoms with Crippen molar-refractivity contribution in [2.45, 2.75) is 31.8 Å². The van der Waals surface area contributed by atoms with Crippen LogP contribution in [0.1, 0.15) is 24.8 Å². The zero-order chi connectivity index (χ0) is 10.5. The van der Waals surface area contributed by atoms with Gasteiger partial charge in [0.25, 0.3) is 0 Å². The topological polar surface area (TPSA) is 12.0 Å². The van der Waals surface area contributed by atoms with Gasteiger partial charge in [-0.3, -0.25) is 0 Å². The van der Waals surface area contributed by atoms with E-state index < -0.39 is 0 Å². The van der Waals surface area contributed by atoms with Crippen LogP contribution >= 0.6 is 15.9 Å². The highest BCUT2D eigenvalue weighted by Gasteiger charge is 2.06. The first-order valence-corrected chi connectivity index (χ1v) is 6.28. The number of nitrogens with one attached hydrogen (secondary N) is 1. The lowest BCUT2D eigenvalue weighted by molar-refractivity contribution is 0.522. The Kier molecular flexibility index (Phi) is 3.98. The minimum atomic E-state index is 0.572. The molecule has 1 N–H and O–H groups in total. The molecule has 0 bridgehead atoms. The molecule has 1 aliphatic carbocycles. The first kappa shape index (κ1) is 10.9. The Labute approximate surface area is 99.7 Å². The Hall–Kier alpha value is -0.600. The standard InChI is InChI=1S/C13H16BrN/c14-12-8-6-11(7-9-12)10-15-13-4-2-1-3-5-13/h2,4,6-9,13,15H,1,3,5,10H2. The Balaban J connectivity index is 1.84. The summed E-state index contributed by atoms with van der Waals surface area (Å²) in [5.41, 5.74) is 1.34. The lowest BCUT2D eigenvalue weighted by atomic mass is 10.0. The van der Waals surface area contributed by atoms with Crippen LogP contribution in [0.25, 0.3) is 0 Å². The molecule has 0 radical (unpaired) electrons. The number of hydrogen-bond donors (Lipinski definition) is 1. The van der Waals surface area contributed by atoms with E-state index in [4.69, 9.17) is 0 Å². The van der Waals surface area contributed by atoms with Crippen molar-refractivity contribution in [2.75, 3.05) is 0 Å². The first-order valence-electron chi connectivity index (χ1n) is 5.49. The molecule has 0 spiro atoms. The molecule has 80 valence electrons. The highest BCUT2D eigenvalue weighted by molar-refractivity contribution is 9.10. The summed E-state index contributed by atoms with van der Waals surface area (Å²) in [4.78, 5) is 0. The fourth-order valence-electron chi connectivity index (χ4n) is 1.83. The molecule has 1 aliphatic rings. The van der Waals surface area contributed by atoms with Crippen LogP contribution in [0.2, 0.25) is 0 Å². The van der Waals surface area contributed by atoms with Crippen molar-refractivity contribution in [3.05, 3.63) is 46.5 Å². The van der Waals surface area contributed by atoms with Gasteiger partial charge < -0.3 is 5.32 Å². The van der Waals surface area contributed by atoms with Crippen LogP contribution in [0.4, 0.5) is 0 Å². The van der Waals surface area contributed by atoms with Gasteiger partial charge in [0.05, 0.1) is 0 Å². The van der Waals surface area contributed by atoms with Crippen molar-refractivity contribution in [1.82, 2.24) is 5.32 Å². The molecule has 0 aromatic heterocycles. The van der Waals surface area contributed by atoms with Crippen molar-refractivity contribution >= 4 is 15.9 Å². The first-order chi connectivity index (χ1) is 7.34. The van der Waals surface area contributed by atoms with E-state index in [2.05, 4.69) is 57.7 Å². The largest absolute Gasteiger partial charge is 0.306 e. The van der Waals surface area contributed by atoms with Crippen LogP contribution in [0.3, 0.4) is 0 Å². The van der Waals surface area contributed by atoms with Gasteiger partial charge in [0.15, 0.2) is 0 Å². The molecule has 1 aromatic carbocycles. The predicted molar refractivity (Wildman–Crippen MR) is 67.8 cm³/mol. The highest BCUT2D eigenvalue weighted by atomic mass is 79.9. The average molecular weight is 266 g/mol. The molecule has 0 aliphatic heterocycles. The predicted octanol–water partition coefficient (Wildman–Crippen LogP) is 3.65. The summed E-state index contributed by atoms with van der Waals surface area (Å²) < 4.78 is 1.14. The second kappa shape index (κ2) is 5.47. The van der Waals surface area contributed by atoms with Crippen LogP contribution in [0.15, 0.2) is 40.9 Å². The smallest absolute Gasteiger partial charge is 0.0253 e. The van der Waals surface area contributed by atoms with Crippen LogP contribution in [-0.2, 0) is 6.54 Å². The maximum absolute atomic E-state index is 3.56. The minimum Gasteiger partial charge on any atom is -0.306 e. The van der Waals surface area contributed by atoms with Gasteiger partial charge >= 0.3 is 0 Å². The molecule has 1 unspecified atom stereocenters. The van der Waals surface area contributed by atoms with Crippen LogP contribution in [-0.4, -0.2) is 6.04 Å². The number of rotatable bonds is 3. The van der Waals surface area contributed by atoms with Crippen molar-refractivity contribution in [3.8, 4) is 0 Å². The number of benzene rings is 1. The monoisotopic (exact) mass is 265 g/mol. The van der Waals surface area contributed by atoms with Gasteiger partial charge in [-0.15, -0.1) is 0 Å². The van der Waals surface area contributed by atoms with E-state index in [1.807, 2.05) is 0 Å². The third-order valence-electron chi connectivity index (χ3n) is 2.74. The van der Waals surface area contributed by atoms with Gasteiger partial charge in [-0.05, 0) is 37.0 Å². The number of allylic oxidation sites excluding steroid dienone is 1. The Morgan fingerprint density at radius 1 is 1.27 bits per heavy atom. The molecule has 15 heavy (non-hydrogen) atoms. The van der Waals surface area contributed by atoms with Crippen molar-refractivity contribution in [3.63, 3.8) is 0 Å². The molecule has 1 atom stereocenters. The van der Waals surface area contributed by atoms with Crippen LogP contribution < -0.4 is 5.32 Å². The van der Waals surface area contributed by atoms with Crippen molar-refractivity contribution in [2.24, 2.45) is 0 Å². The fraction of sp³-hybridized carbons (Fsp3) is 0.385. The van der Waals surface area contributed by atoms with Gasteiger partial charge in [0.1, 0.15) is 0 Å². The lowest BCUT2D eigenvalue weighted by Crippen LogP contribution is -2.27. The molecular weight excluding hydrogens is 250 g/mol. The Bertz CT molecular complexity index is 329. The zero-order valence-electron chi connectivity index (χ0n) is 8.75. The van der Waals surface area contributed by atoms with Gasteiger partial charge in [0, 0.05) is 17.1 Å². The molecule has 0 amide bonds. The van der Waals surface area contributed by atoms with Gasteiger partial charge in [0.2, 0.25) is 0 Å². The molecule has 0 heterocycles. The van der Waals surface area contributed by atoms with Gasteiger partial charge in [-0.2, -0.15) is 0 Å². The van der Waals surface area contributed by atoms with Crippen LogP contribution in [0, 0.1) is 0 Å². The second-order valence-electron chi connectivity index (χ2n) is 3.97.